The number of nitrogen functional groups attached to an aromatic ring is 1. The molecule has 1 aromatic heterocycles. The van der Waals surface area contributed by atoms with Crippen molar-refractivity contribution >= 4 is 32.9 Å². The van der Waals surface area contributed by atoms with Crippen molar-refractivity contribution in [3.05, 3.63) is 17.1 Å². The number of aliphatic hydroxyl groups is 1. The summed E-state index contributed by atoms with van der Waals surface area (Å²) in [6.45, 7) is 3.15. The lowest BCUT2D eigenvalue weighted by Gasteiger charge is -2.09. The third-order valence-corrected chi connectivity index (χ3v) is 3.75. The number of nitrogens with one attached hydrogen (secondary N) is 1. The molecule has 0 spiro atoms. The van der Waals surface area contributed by atoms with Crippen LogP contribution in [0.25, 0.3) is 10.2 Å². The fourth-order valence-corrected chi connectivity index (χ4v) is 2.75. The van der Waals surface area contributed by atoms with Crippen LogP contribution in [0.4, 0.5) is 11.4 Å². The van der Waals surface area contributed by atoms with E-state index in [1.165, 1.54) is 0 Å². The predicted molar refractivity (Wildman–Crippen MR) is 78.2 cm³/mol. The molecule has 0 saturated carbocycles. The van der Waals surface area contributed by atoms with Gasteiger partial charge in [0.2, 0.25) is 0 Å². The van der Waals surface area contributed by atoms with E-state index in [1.54, 1.807) is 11.3 Å². The second-order valence-corrected chi connectivity index (χ2v) is 5.59. The summed E-state index contributed by atoms with van der Waals surface area (Å²) in [5.41, 5.74) is 8.74. The van der Waals surface area contributed by atoms with Crippen LogP contribution in [0.2, 0.25) is 0 Å². The van der Waals surface area contributed by atoms with Crippen molar-refractivity contribution in [1.82, 2.24) is 4.98 Å². The Morgan fingerprint density at radius 1 is 1.33 bits per heavy atom. The average Bonchev–Trinajstić information content (AvgIpc) is 2.68. The topological polar surface area (TPSA) is 71.2 Å². The van der Waals surface area contributed by atoms with E-state index < -0.39 is 0 Å². The number of nitrogens with zero attached hydrogens (tertiary/aromatic N) is 1. The lowest BCUT2D eigenvalue weighted by atomic mass is 10.2. The van der Waals surface area contributed by atoms with E-state index in [0.717, 1.165) is 52.4 Å². The number of fused-ring (bicyclic) bond motifs is 1. The number of hydrogen-bond acceptors (Lipinski definition) is 5. The third-order valence-electron chi connectivity index (χ3n) is 2.82. The van der Waals surface area contributed by atoms with Gasteiger partial charge in [0.05, 0.1) is 26.6 Å². The Balaban J connectivity index is 2.01. The van der Waals surface area contributed by atoms with Gasteiger partial charge >= 0.3 is 0 Å². The molecule has 0 amide bonds. The van der Waals surface area contributed by atoms with Gasteiger partial charge in [0, 0.05) is 13.2 Å². The number of benzene rings is 1. The van der Waals surface area contributed by atoms with Crippen LogP contribution in [-0.2, 0) is 0 Å². The molecule has 4 N–H and O–H groups in total. The zero-order valence-corrected chi connectivity index (χ0v) is 11.4. The first-order chi connectivity index (χ1) is 8.70. The van der Waals surface area contributed by atoms with Crippen LogP contribution in [0.5, 0.6) is 0 Å². The molecule has 5 heteroatoms. The van der Waals surface area contributed by atoms with E-state index in [-0.39, 0.29) is 6.61 Å². The molecule has 0 atom stereocenters. The fourth-order valence-electron chi connectivity index (χ4n) is 1.89. The van der Waals surface area contributed by atoms with Crippen LogP contribution >= 0.6 is 11.3 Å². The summed E-state index contributed by atoms with van der Waals surface area (Å²) in [5.74, 6) is 0. The Morgan fingerprint density at radius 2 is 2.17 bits per heavy atom. The first-order valence-corrected chi connectivity index (χ1v) is 7.04. The number of aromatic nitrogens is 1. The molecule has 0 fully saturated rings. The smallest absolute Gasteiger partial charge is 0.0907 e. The number of nitrogens with two attached hydrogens (primary N) is 1. The summed E-state index contributed by atoms with van der Waals surface area (Å²) >= 11 is 1.66. The molecule has 0 radical (unpaired) electrons. The molecule has 0 unspecified atom stereocenters. The zero-order chi connectivity index (χ0) is 13.0. The van der Waals surface area contributed by atoms with Gasteiger partial charge in [0.25, 0.3) is 0 Å². The SMILES string of the molecule is Cc1nc2cc(NCCCCCO)c(N)cc2s1. The van der Waals surface area contributed by atoms with Gasteiger partial charge in [-0.3, -0.25) is 0 Å². The van der Waals surface area contributed by atoms with Crippen molar-refractivity contribution in [2.45, 2.75) is 26.2 Å². The minimum absolute atomic E-state index is 0.270. The first-order valence-electron chi connectivity index (χ1n) is 6.22. The molecule has 0 aliphatic carbocycles. The second kappa shape index (κ2) is 6.02. The van der Waals surface area contributed by atoms with Crippen molar-refractivity contribution in [1.29, 1.82) is 0 Å². The number of aliphatic hydroxyl groups excluding tert-OH is 1. The lowest BCUT2D eigenvalue weighted by Crippen LogP contribution is -2.04. The number of thiazole rings is 1. The van der Waals surface area contributed by atoms with Crippen LogP contribution in [0, 0.1) is 6.92 Å². The average molecular weight is 265 g/mol. The Bertz CT molecular complexity index is 524. The molecule has 2 aromatic rings. The Morgan fingerprint density at radius 3 is 2.94 bits per heavy atom. The van der Waals surface area contributed by atoms with Gasteiger partial charge < -0.3 is 16.2 Å². The maximum absolute atomic E-state index is 8.70. The molecule has 0 aliphatic heterocycles. The van der Waals surface area contributed by atoms with Crippen molar-refractivity contribution in [3.8, 4) is 0 Å². The molecule has 2 rings (SSSR count). The molecule has 4 nitrogen and oxygen atoms in total. The van der Waals surface area contributed by atoms with E-state index in [2.05, 4.69) is 10.3 Å². The van der Waals surface area contributed by atoms with Crippen molar-refractivity contribution < 1.29 is 5.11 Å². The quantitative estimate of drug-likeness (QED) is 0.555. The molecule has 1 heterocycles. The molecule has 1 aromatic carbocycles. The number of anilines is 2. The van der Waals surface area contributed by atoms with Gasteiger partial charge in [-0.25, -0.2) is 4.98 Å². The summed E-state index contributed by atoms with van der Waals surface area (Å²) in [6, 6.07) is 4.00. The molecular formula is C13H19N3OS. The Labute approximate surface area is 111 Å². The number of rotatable bonds is 6. The highest BCUT2D eigenvalue weighted by molar-refractivity contribution is 7.18. The summed E-state index contributed by atoms with van der Waals surface area (Å²) in [5, 5.41) is 13.1. The van der Waals surface area contributed by atoms with E-state index >= 15 is 0 Å². The minimum Gasteiger partial charge on any atom is -0.397 e. The normalized spacial score (nSPS) is 11.0. The Kier molecular flexibility index (Phi) is 4.38. The highest BCUT2D eigenvalue weighted by Crippen LogP contribution is 2.29. The van der Waals surface area contributed by atoms with Crippen LogP contribution in [0.3, 0.4) is 0 Å². The summed E-state index contributed by atoms with van der Waals surface area (Å²) in [7, 11) is 0. The molecular weight excluding hydrogens is 246 g/mol. The highest BCUT2D eigenvalue weighted by Gasteiger charge is 2.05. The molecule has 0 bridgehead atoms. The third kappa shape index (κ3) is 3.11. The summed E-state index contributed by atoms with van der Waals surface area (Å²) < 4.78 is 1.14. The van der Waals surface area contributed by atoms with Gasteiger partial charge in [0.1, 0.15) is 0 Å². The zero-order valence-electron chi connectivity index (χ0n) is 10.6. The van der Waals surface area contributed by atoms with E-state index in [4.69, 9.17) is 10.8 Å². The summed E-state index contributed by atoms with van der Waals surface area (Å²) in [6.07, 6.45) is 2.93. The lowest BCUT2D eigenvalue weighted by molar-refractivity contribution is 0.283. The molecule has 18 heavy (non-hydrogen) atoms. The molecule has 0 aliphatic rings. The highest BCUT2D eigenvalue weighted by atomic mass is 32.1. The van der Waals surface area contributed by atoms with E-state index in [9.17, 15) is 0 Å². The number of aryl methyl sites for hydroxylation is 1. The molecule has 98 valence electrons. The van der Waals surface area contributed by atoms with E-state index in [1.807, 2.05) is 19.1 Å². The number of unbranched alkanes of at least 4 members (excludes halogenated alkanes) is 2. The Hall–Kier alpha value is -1.33. The van der Waals surface area contributed by atoms with Gasteiger partial charge in [-0.15, -0.1) is 11.3 Å². The van der Waals surface area contributed by atoms with Gasteiger partial charge in [-0.05, 0) is 38.3 Å². The fraction of sp³-hybridized carbons (Fsp3) is 0.462. The summed E-state index contributed by atoms with van der Waals surface area (Å²) in [4.78, 5) is 4.46. The second-order valence-electron chi connectivity index (χ2n) is 4.35. The largest absolute Gasteiger partial charge is 0.397 e. The number of hydrogen-bond donors (Lipinski definition) is 3. The van der Waals surface area contributed by atoms with Crippen molar-refractivity contribution in [2.24, 2.45) is 0 Å². The van der Waals surface area contributed by atoms with Crippen LogP contribution in [0.1, 0.15) is 24.3 Å². The van der Waals surface area contributed by atoms with E-state index in [0.29, 0.717) is 0 Å². The van der Waals surface area contributed by atoms with Crippen LogP contribution in [-0.4, -0.2) is 23.2 Å². The standard InChI is InChI=1S/C13H19N3OS/c1-9-16-12-8-11(10(14)7-13(12)18-9)15-5-3-2-4-6-17/h7-8,15,17H,2-6,14H2,1H3. The van der Waals surface area contributed by atoms with Gasteiger partial charge in [-0.1, -0.05) is 0 Å². The van der Waals surface area contributed by atoms with Gasteiger partial charge in [0.15, 0.2) is 0 Å². The molecule has 0 saturated heterocycles. The van der Waals surface area contributed by atoms with Crippen LogP contribution in [0.15, 0.2) is 12.1 Å². The maximum atomic E-state index is 8.70. The van der Waals surface area contributed by atoms with Gasteiger partial charge in [-0.2, -0.15) is 0 Å². The first kappa shape index (κ1) is 13.1. The van der Waals surface area contributed by atoms with Crippen molar-refractivity contribution in [3.63, 3.8) is 0 Å². The predicted octanol–water partition coefficient (Wildman–Crippen LogP) is 2.76. The van der Waals surface area contributed by atoms with Crippen LogP contribution < -0.4 is 11.1 Å². The minimum atomic E-state index is 0.270. The van der Waals surface area contributed by atoms with Crippen molar-refractivity contribution in [2.75, 3.05) is 24.2 Å². The maximum Gasteiger partial charge on any atom is 0.0907 e. The monoisotopic (exact) mass is 265 g/mol.